The molecular weight excluding hydrogens is 372 g/mol. The summed E-state index contributed by atoms with van der Waals surface area (Å²) in [6.07, 6.45) is 1.65. The van der Waals surface area contributed by atoms with Crippen molar-refractivity contribution in [1.82, 2.24) is 10.2 Å². The van der Waals surface area contributed by atoms with E-state index in [0.717, 1.165) is 5.56 Å². The topological polar surface area (TPSA) is 88.1 Å². The van der Waals surface area contributed by atoms with E-state index in [1.165, 1.54) is 12.1 Å². The molecule has 7 nitrogen and oxygen atoms in total. The maximum absolute atomic E-state index is 12.5. The van der Waals surface area contributed by atoms with E-state index in [9.17, 15) is 14.7 Å². The summed E-state index contributed by atoms with van der Waals surface area (Å²) >= 11 is 0. The summed E-state index contributed by atoms with van der Waals surface area (Å²) in [5.41, 5.74) is 1.32. The van der Waals surface area contributed by atoms with E-state index in [4.69, 9.17) is 9.47 Å². The average Bonchev–Trinajstić information content (AvgIpc) is 2.73. The Morgan fingerprint density at radius 2 is 1.79 bits per heavy atom. The van der Waals surface area contributed by atoms with E-state index >= 15 is 0 Å². The first-order chi connectivity index (χ1) is 14.0. The number of carbonyl (C=O) groups is 2. The number of carbonyl (C=O) groups excluding carboxylic acids is 2. The summed E-state index contributed by atoms with van der Waals surface area (Å²) in [7, 11) is 3.13. The van der Waals surface area contributed by atoms with Crippen LogP contribution in [0.3, 0.4) is 0 Å². The summed E-state index contributed by atoms with van der Waals surface area (Å²) in [4.78, 5) is 26.7. The van der Waals surface area contributed by atoms with E-state index in [-0.39, 0.29) is 30.0 Å². The Balaban J connectivity index is 1.50. The van der Waals surface area contributed by atoms with Crippen LogP contribution < -0.4 is 14.8 Å². The van der Waals surface area contributed by atoms with Gasteiger partial charge in [0.25, 0.3) is 5.91 Å². The lowest BCUT2D eigenvalue weighted by Gasteiger charge is -2.32. The number of ether oxygens (including phenoxy) is 2. The van der Waals surface area contributed by atoms with Gasteiger partial charge in [0.2, 0.25) is 5.91 Å². The van der Waals surface area contributed by atoms with Crippen LogP contribution in [0.4, 0.5) is 0 Å². The number of aromatic hydroxyl groups is 1. The smallest absolute Gasteiger partial charge is 0.253 e. The number of likely N-dealkylation sites (tertiary alicyclic amines) is 1. The highest BCUT2D eigenvalue weighted by molar-refractivity contribution is 5.94. The summed E-state index contributed by atoms with van der Waals surface area (Å²) in [6, 6.07) is 11.8. The second-order valence-corrected chi connectivity index (χ2v) is 7.05. The molecule has 0 saturated carbocycles. The summed E-state index contributed by atoms with van der Waals surface area (Å²) in [5.74, 6) is 1.14. The highest BCUT2D eigenvalue weighted by Gasteiger charge is 2.24. The molecule has 0 atom stereocenters. The fourth-order valence-corrected chi connectivity index (χ4v) is 3.50. The van der Waals surface area contributed by atoms with Crippen LogP contribution >= 0.6 is 0 Å². The Bertz CT molecular complexity index is 875. The average molecular weight is 398 g/mol. The minimum atomic E-state index is -0.101. The third-order valence-corrected chi connectivity index (χ3v) is 5.05. The van der Waals surface area contributed by atoms with Gasteiger partial charge >= 0.3 is 0 Å². The number of rotatable bonds is 6. The molecule has 1 heterocycles. The SMILES string of the molecule is COc1ccc(CC(=O)NC2CCN(C(=O)c3cccc(O)c3)CC2)cc1OC. The first kappa shape index (κ1) is 20.5. The minimum Gasteiger partial charge on any atom is -0.508 e. The first-order valence-electron chi connectivity index (χ1n) is 9.58. The minimum absolute atomic E-state index is 0.0378. The third kappa shape index (κ3) is 5.19. The van der Waals surface area contributed by atoms with Crippen molar-refractivity contribution in [3.05, 3.63) is 53.6 Å². The van der Waals surface area contributed by atoms with Crippen molar-refractivity contribution in [2.24, 2.45) is 0 Å². The van der Waals surface area contributed by atoms with Crippen LogP contribution in [0.15, 0.2) is 42.5 Å². The number of amides is 2. The van der Waals surface area contributed by atoms with E-state index in [0.29, 0.717) is 43.0 Å². The Kier molecular flexibility index (Phi) is 6.59. The van der Waals surface area contributed by atoms with Crippen LogP contribution in [-0.4, -0.2) is 55.2 Å². The zero-order chi connectivity index (χ0) is 20.8. The van der Waals surface area contributed by atoms with Crippen molar-refractivity contribution in [2.45, 2.75) is 25.3 Å². The van der Waals surface area contributed by atoms with E-state index in [1.807, 2.05) is 6.07 Å². The predicted molar refractivity (Wildman–Crippen MR) is 108 cm³/mol. The number of phenols is 1. The molecule has 1 saturated heterocycles. The number of nitrogens with zero attached hydrogens (tertiary/aromatic N) is 1. The van der Waals surface area contributed by atoms with Crippen LogP contribution in [0.2, 0.25) is 0 Å². The van der Waals surface area contributed by atoms with Gasteiger partial charge in [0.05, 0.1) is 20.6 Å². The van der Waals surface area contributed by atoms with Gasteiger partial charge in [-0.05, 0) is 48.7 Å². The zero-order valence-electron chi connectivity index (χ0n) is 16.7. The summed E-state index contributed by atoms with van der Waals surface area (Å²) < 4.78 is 10.5. The van der Waals surface area contributed by atoms with Gasteiger partial charge in [0.15, 0.2) is 11.5 Å². The number of piperidine rings is 1. The predicted octanol–water partition coefficient (Wildman–Crippen LogP) is 2.37. The fourth-order valence-electron chi connectivity index (χ4n) is 3.50. The molecule has 154 valence electrons. The van der Waals surface area contributed by atoms with E-state index in [2.05, 4.69) is 5.32 Å². The van der Waals surface area contributed by atoms with Crippen LogP contribution in [0.25, 0.3) is 0 Å². The summed E-state index contributed by atoms with van der Waals surface area (Å²) in [6.45, 7) is 1.13. The molecule has 2 N–H and O–H groups in total. The first-order valence-corrected chi connectivity index (χ1v) is 9.58. The molecule has 0 bridgehead atoms. The molecule has 0 aromatic heterocycles. The molecule has 2 aromatic rings. The van der Waals surface area contributed by atoms with Gasteiger partial charge in [-0.15, -0.1) is 0 Å². The Morgan fingerprint density at radius 3 is 2.45 bits per heavy atom. The molecule has 0 spiro atoms. The molecule has 0 radical (unpaired) electrons. The number of methoxy groups -OCH3 is 2. The zero-order valence-corrected chi connectivity index (χ0v) is 16.7. The van der Waals surface area contributed by atoms with Crippen molar-refractivity contribution in [2.75, 3.05) is 27.3 Å². The maximum Gasteiger partial charge on any atom is 0.253 e. The van der Waals surface area contributed by atoms with Gasteiger partial charge in [-0.3, -0.25) is 9.59 Å². The third-order valence-electron chi connectivity index (χ3n) is 5.05. The highest BCUT2D eigenvalue weighted by atomic mass is 16.5. The molecule has 0 unspecified atom stereocenters. The quantitative estimate of drug-likeness (QED) is 0.780. The molecule has 7 heteroatoms. The molecule has 3 rings (SSSR count). The highest BCUT2D eigenvalue weighted by Crippen LogP contribution is 2.27. The van der Waals surface area contributed by atoms with Crippen LogP contribution in [-0.2, 0) is 11.2 Å². The number of phenolic OH excluding ortho intramolecular Hbond substituents is 1. The largest absolute Gasteiger partial charge is 0.508 e. The Hall–Kier alpha value is -3.22. The lowest BCUT2D eigenvalue weighted by Crippen LogP contribution is -2.46. The lowest BCUT2D eigenvalue weighted by atomic mass is 10.0. The van der Waals surface area contributed by atoms with E-state index in [1.54, 1.807) is 43.4 Å². The molecule has 2 aromatic carbocycles. The van der Waals surface area contributed by atoms with Crippen LogP contribution in [0, 0.1) is 0 Å². The molecule has 29 heavy (non-hydrogen) atoms. The van der Waals surface area contributed by atoms with Gasteiger partial charge in [-0.1, -0.05) is 12.1 Å². The van der Waals surface area contributed by atoms with Crippen molar-refractivity contribution in [3.63, 3.8) is 0 Å². The van der Waals surface area contributed by atoms with Crippen molar-refractivity contribution >= 4 is 11.8 Å². The number of hydrogen-bond donors (Lipinski definition) is 2. The van der Waals surface area contributed by atoms with Gasteiger partial charge < -0.3 is 24.8 Å². The number of benzene rings is 2. The molecule has 2 amide bonds. The second kappa shape index (κ2) is 9.32. The molecular formula is C22H26N2O5. The van der Waals surface area contributed by atoms with Crippen molar-refractivity contribution in [1.29, 1.82) is 0 Å². The second-order valence-electron chi connectivity index (χ2n) is 7.05. The lowest BCUT2D eigenvalue weighted by molar-refractivity contribution is -0.121. The maximum atomic E-state index is 12.5. The number of nitrogens with one attached hydrogen (secondary N) is 1. The molecule has 0 aliphatic carbocycles. The Labute approximate surface area is 170 Å². The Morgan fingerprint density at radius 1 is 1.07 bits per heavy atom. The molecule has 1 aliphatic rings. The summed E-state index contributed by atoms with van der Waals surface area (Å²) in [5, 5.41) is 12.6. The monoisotopic (exact) mass is 398 g/mol. The molecule has 1 fully saturated rings. The standard InChI is InChI=1S/C22H26N2O5/c1-28-19-7-6-15(12-20(19)29-2)13-21(26)23-17-8-10-24(11-9-17)22(27)16-4-3-5-18(25)14-16/h3-7,12,14,17,25H,8-11,13H2,1-2H3,(H,23,26). The van der Waals surface area contributed by atoms with Gasteiger partial charge in [0.1, 0.15) is 5.75 Å². The van der Waals surface area contributed by atoms with Crippen molar-refractivity contribution < 1.29 is 24.2 Å². The van der Waals surface area contributed by atoms with Crippen LogP contribution in [0.1, 0.15) is 28.8 Å². The van der Waals surface area contributed by atoms with Gasteiger partial charge in [0, 0.05) is 24.7 Å². The van der Waals surface area contributed by atoms with Crippen molar-refractivity contribution in [3.8, 4) is 17.2 Å². The van der Waals surface area contributed by atoms with Gasteiger partial charge in [-0.25, -0.2) is 0 Å². The van der Waals surface area contributed by atoms with E-state index < -0.39 is 0 Å². The van der Waals surface area contributed by atoms with Crippen LogP contribution in [0.5, 0.6) is 17.2 Å². The normalized spacial score (nSPS) is 14.3. The number of hydrogen-bond acceptors (Lipinski definition) is 5. The fraction of sp³-hybridized carbons (Fsp3) is 0.364. The molecule has 1 aliphatic heterocycles. The van der Waals surface area contributed by atoms with Gasteiger partial charge in [-0.2, -0.15) is 0 Å².